The summed E-state index contributed by atoms with van der Waals surface area (Å²) in [4.78, 5) is 42.0. The number of carbonyl (C=O) groups is 3. The van der Waals surface area contributed by atoms with E-state index in [1.54, 1.807) is 42.5 Å². The monoisotopic (exact) mass is 518 g/mol. The standard InChI is InChI=1S/C32H23ClN2O3/c1-17-24(33)11-6-12-25(17)34-30(36)18-13-15-19(16-14-18)35-31(37)28-26-20-7-2-3-8-21(20)27(29(28)32(35)38)23-10-5-4-9-22(23)26/h2-16,26-29H,1H3,(H,34,36)/t26?,27?,28-,29+. The molecule has 0 unspecified atom stereocenters. The molecule has 2 bridgehead atoms. The Bertz CT molecular complexity index is 1550. The zero-order chi connectivity index (χ0) is 26.1. The molecule has 1 heterocycles. The van der Waals surface area contributed by atoms with Gasteiger partial charge in [0.2, 0.25) is 11.8 Å². The summed E-state index contributed by atoms with van der Waals surface area (Å²) in [5, 5.41) is 3.46. The largest absolute Gasteiger partial charge is 0.322 e. The van der Waals surface area contributed by atoms with E-state index in [1.807, 2.05) is 31.2 Å². The second-order valence-electron chi connectivity index (χ2n) is 10.2. The normalized spacial score (nSPS) is 22.6. The Kier molecular flexibility index (Phi) is 5.07. The molecular weight excluding hydrogens is 496 g/mol. The van der Waals surface area contributed by atoms with Crippen LogP contribution in [-0.4, -0.2) is 17.7 Å². The van der Waals surface area contributed by atoms with Gasteiger partial charge in [-0.2, -0.15) is 0 Å². The maximum Gasteiger partial charge on any atom is 0.255 e. The van der Waals surface area contributed by atoms with Crippen LogP contribution in [0.1, 0.15) is 50.0 Å². The first-order chi connectivity index (χ1) is 18.5. The number of anilines is 2. The van der Waals surface area contributed by atoms with Crippen molar-refractivity contribution in [2.75, 3.05) is 10.2 Å². The molecule has 1 N–H and O–H groups in total. The van der Waals surface area contributed by atoms with E-state index < -0.39 is 11.8 Å². The number of halogens is 1. The van der Waals surface area contributed by atoms with E-state index in [4.69, 9.17) is 11.6 Å². The maximum absolute atomic E-state index is 13.9. The van der Waals surface area contributed by atoms with Crippen LogP contribution in [0.15, 0.2) is 91.0 Å². The molecule has 4 aromatic rings. The predicted octanol–water partition coefficient (Wildman–Crippen LogP) is 6.30. The quantitative estimate of drug-likeness (QED) is 0.324. The topological polar surface area (TPSA) is 66.5 Å². The van der Waals surface area contributed by atoms with Gasteiger partial charge in [0.25, 0.3) is 5.91 Å². The summed E-state index contributed by atoms with van der Waals surface area (Å²) in [6.45, 7) is 1.84. The average molecular weight is 519 g/mol. The molecule has 5 nitrogen and oxygen atoms in total. The summed E-state index contributed by atoms with van der Waals surface area (Å²) in [5.41, 5.74) is 6.89. The van der Waals surface area contributed by atoms with Crippen molar-refractivity contribution in [3.63, 3.8) is 0 Å². The van der Waals surface area contributed by atoms with Gasteiger partial charge in [-0.15, -0.1) is 0 Å². The van der Waals surface area contributed by atoms with Crippen LogP contribution < -0.4 is 10.2 Å². The highest BCUT2D eigenvalue weighted by Crippen LogP contribution is 2.61. The lowest BCUT2D eigenvalue weighted by atomic mass is 9.55. The van der Waals surface area contributed by atoms with Crippen LogP contribution in [-0.2, 0) is 9.59 Å². The summed E-state index contributed by atoms with van der Waals surface area (Å²) in [7, 11) is 0. The summed E-state index contributed by atoms with van der Waals surface area (Å²) in [6, 6.07) is 28.4. The van der Waals surface area contributed by atoms with Gasteiger partial charge >= 0.3 is 0 Å². The van der Waals surface area contributed by atoms with Crippen LogP contribution in [0.2, 0.25) is 5.02 Å². The van der Waals surface area contributed by atoms with Gasteiger partial charge in [0.1, 0.15) is 0 Å². The maximum atomic E-state index is 13.9. The molecule has 0 saturated carbocycles. The van der Waals surface area contributed by atoms with Crippen LogP contribution in [0.3, 0.4) is 0 Å². The van der Waals surface area contributed by atoms with E-state index in [2.05, 4.69) is 29.6 Å². The van der Waals surface area contributed by atoms with Crippen LogP contribution in [0.5, 0.6) is 0 Å². The van der Waals surface area contributed by atoms with Gasteiger partial charge in [-0.05, 0) is 71.1 Å². The lowest BCUT2D eigenvalue weighted by Crippen LogP contribution is -2.41. The third-order valence-corrected chi connectivity index (χ3v) is 8.76. The Hall–Kier alpha value is -4.22. The number of rotatable bonds is 3. The van der Waals surface area contributed by atoms with Gasteiger partial charge in [0.05, 0.1) is 17.5 Å². The van der Waals surface area contributed by atoms with Crippen LogP contribution in [0.4, 0.5) is 11.4 Å². The van der Waals surface area contributed by atoms with E-state index in [1.165, 1.54) is 4.90 Å². The number of hydrogen-bond acceptors (Lipinski definition) is 3. The molecule has 1 fully saturated rings. The van der Waals surface area contributed by atoms with E-state index in [0.717, 1.165) is 27.8 Å². The molecule has 2 atom stereocenters. The van der Waals surface area contributed by atoms with Crippen molar-refractivity contribution in [3.8, 4) is 0 Å². The lowest BCUT2D eigenvalue weighted by Gasteiger charge is -2.45. The predicted molar refractivity (Wildman–Crippen MR) is 147 cm³/mol. The molecule has 0 spiro atoms. The minimum absolute atomic E-state index is 0.148. The summed E-state index contributed by atoms with van der Waals surface area (Å²) >= 11 is 6.18. The number of amides is 3. The highest BCUT2D eigenvalue weighted by Gasteiger charge is 2.61. The fourth-order valence-corrected chi connectivity index (χ4v) is 6.81. The van der Waals surface area contributed by atoms with Crippen molar-refractivity contribution in [2.45, 2.75) is 18.8 Å². The second kappa shape index (κ2) is 8.40. The second-order valence-corrected chi connectivity index (χ2v) is 10.6. The van der Waals surface area contributed by atoms with Crippen molar-refractivity contribution >= 4 is 40.7 Å². The minimum Gasteiger partial charge on any atom is -0.322 e. The number of benzene rings is 4. The smallest absolute Gasteiger partial charge is 0.255 e. The molecule has 186 valence electrons. The summed E-state index contributed by atoms with van der Waals surface area (Å²) < 4.78 is 0. The Balaban J connectivity index is 1.21. The van der Waals surface area contributed by atoms with E-state index >= 15 is 0 Å². The number of imide groups is 1. The summed E-state index contributed by atoms with van der Waals surface area (Å²) in [6.07, 6.45) is 0. The molecule has 0 radical (unpaired) electrons. The third-order valence-electron chi connectivity index (χ3n) is 8.35. The number of carbonyl (C=O) groups excluding carboxylic acids is 3. The van der Waals surface area contributed by atoms with Crippen molar-refractivity contribution in [3.05, 3.63) is 129 Å². The van der Waals surface area contributed by atoms with Gasteiger partial charge in [-0.3, -0.25) is 14.4 Å². The number of nitrogens with zero attached hydrogens (tertiary/aromatic N) is 1. The molecule has 1 saturated heterocycles. The lowest BCUT2D eigenvalue weighted by molar-refractivity contribution is -0.122. The molecule has 8 rings (SSSR count). The van der Waals surface area contributed by atoms with Gasteiger partial charge in [-0.25, -0.2) is 4.90 Å². The van der Waals surface area contributed by atoms with Crippen LogP contribution in [0.25, 0.3) is 0 Å². The van der Waals surface area contributed by atoms with Crippen molar-refractivity contribution in [1.29, 1.82) is 0 Å². The Morgan fingerprint density at radius 2 is 1.21 bits per heavy atom. The van der Waals surface area contributed by atoms with E-state index in [-0.39, 0.29) is 29.6 Å². The van der Waals surface area contributed by atoms with Crippen LogP contribution >= 0.6 is 11.6 Å². The van der Waals surface area contributed by atoms with E-state index in [0.29, 0.717) is 22.0 Å². The molecule has 3 aliphatic carbocycles. The fraction of sp³-hybridized carbons (Fsp3) is 0.156. The van der Waals surface area contributed by atoms with Crippen molar-refractivity contribution < 1.29 is 14.4 Å². The molecule has 6 heteroatoms. The molecule has 38 heavy (non-hydrogen) atoms. The Labute approximate surface area is 225 Å². The Morgan fingerprint density at radius 1 is 0.711 bits per heavy atom. The first-order valence-electron chi connectivity index (χ1n) is 12.7. The third kappa shape index (κ3) is 3.15. The van der Waals surface area contributed by atoms with Gasteiger partial charge < -0.3 is 5.32 Å². The Morgan fingerprint density at radius 3 is 1.71 bits per heavy atom. The first kappa shape index (κ1) is 22.9. The van der Waals surface area contributed by atoms with E-state index in [9.17, 15) is 14.4 Å². The summed E-state index contributed by atoms with van der Waals surface area (Å²) in [5.74, 6) is -1.82. The highest BCUT2D eigenvalue weighted by atomic mass is 35.5. The van der Waals surface area contributed by atoms with Gasteiger partial charge in [0.15, 0.2) is 0 Å². The zero-order valence-electron chi connectivity index (χ0n) is 20.5. The molecular formula is C32H23ClN2O3. The highest BCUT2D eigenvalue weighted by molar-refractivity contribution is 6.31. The van der Waals surface area contributed by atoms with Gasteiger partial charge in [-0.1, -0.05) is 66.2 Å². The van der Waals surface area contributed by atoms with Crippen molar-refractivity contribution in [2.24, 2.45) is 11.8 Å². The van der Waals surface area contributed by atoms with Gasteiger partial charge in [0, 0.05) is 28.1 Å². The number of nitrogens with one attached hydrogen (secondary N) is 1. The first-order valence-corrected chi connectivity index (χ1v) is 13.1. The fourth-order valence-electron chi connectivity index (χ4n) is 6.63. The molecule has 4 aromatic carbocycles. The average Bonchev–Trinajstić information content (AvgIpc) is 3.21. The molecule has 4 aliphatic rings. The van der Waals surface area contributed by atoms with Crippen LogP contribution in [0, 0.1) is 18.8 Å². The zero-order valence-corrected chi connectivity index (χ0v) is 21.3. The molecule has 1 aliphatic heterocycles. The number of hydrogen-bond donors (Lipinski definition) is 1. The van der Waals surface area contributed by atoms with Crippen molar-refractivity contribution in [1.82, 2.24) is 0 Å². The molecule has 0 aromatic heterocycles. The SMILES string of the molecule is Cc1c(Cl)cccc1NC(=O)c1ccc(N2C(=O)[C@@H]3C4c5ccccc5C(c5ccccc54)[C@@H]3C2=O)cc1. The molecule has 3 amide bonds. The minimum atomic E-state index is -0.439.